The van der Waals surface area contributed by atoms with Crippen molar-refractivity contribution >= 4 is 40.2 Å². The molecule has 0 unspecified atom stereocenters. The molecule has 0 bridgehead atoms. The average molecular weight is 398 g/mol. The van der Waals surface area contributed by atoms with Crippen molar-refractivity contribution in [2.75, 3.05) is 11.9 Å². The second-order valence-electron chi connectivity index (χ2n) is 4.59. The lowest BCUT2D eigenvalue weighted by molar-refractivity contribution is -0.119. The normalized spacial score (nSPS) is 10.2. The van der Waals surface area contributed by atoms with Crippen LogP contribution in [0.1, 0.15) is 16.1 Å². The Balaban J connectivity index is 1.90. The lowest BCUT2D eigenvalue weighted by atomic mass is 10.2. The van der Waals surface area contributed by atoms with Gasteiger partial charge in [0.2, 0.25) is 0 Å². The van der Waals surface area contributed by atoms with Crippen molar-refractivity contribution in [1.29, 1.82) is 0 Å². The van der Waals surface area contributed by atoms with Gasteiger partial charge in [-0.1, -0.05) is 0 Å². The van der Waals surface area contributed by atoms with E-state index in [1.54, 1.807) is 29.9 Å². The summed E-state index contributed by atoms with van der Waals surface area (Å²) in [6.07, 6.45) is 1.74. The summed E-state index contributed by atoms with van der Waals surface area (Å²) in [5.74, 6) is -0.876. The molecule has 0 saturated carbocycles. The van der Waals surface area contributed by atoms with Crippen molar-refractivity contribution in [2.24, 2.45) is 7.05 Å². The Morgan fingerprint density at radius 3 is 2.71 bits per heavy atom. The molecule has 0 aliphatic heterocycles. The van der Waals surface area contributed by atoms with Crippen LogP contribution in [0.2, 0.25) is 0 Å². The first kappa shape index (κ1) is 15.6. The van der Waals surface area contributed by atoms with Gasteiger partial charge in [-0.05, 0) is 65.4 Å². The molecule has 6 heteroatoms. The van der Waals surface area contributed by atoms with Crippen LogP contribution in [0, 0.1) is 10.5 Å². The fourth-order valence-electron chi connectivity index (χ4n) is 1.83. The molecule has 0 spiro atoms. The zero-order valence-corrected chi connectivity index (χ0v) is 13.9. The number of carbonyl (C=O) groups is 2. The first-order valence-corrected chi connectivity index (χ1v) is 7.39. The molecule has 1 N–H and O–H groups in total. The minimum atomic E-state index is -0.517. The molecule has 5 nitrogen and oxygen atoms in total. The number of hydrogen-bond donors (Lipinski definition) is 1. The number of carbonyl (C=O) groups excluding carboxylic acids is 2. The largest absolute Gasteiger partial charge is 0.451 e. The molecule has 21 heavy (non-hydrogen) atoms. The Morgan fingerprint density at radius 2 is 2.10 bits per heavy atom. The molecule has 2 aromatic rings. The number of anilines is 1. The van der Waals surface area contributed by atoms with Crippen LogP contribution >= 0.6 is 22.6 Å². The monoisotopic (exact) mass is 398 g/mol. The molecule has 110 valence electrons. The van der Waals surface area contributed by atoms with Gasteiger partial charge in [-0.3, -0.25) is 4.79 Å². The summed E-state index contributed by atoms with van der Waals surface area (Å²) < 4.78 is 7.73. The van der Waals surface area contributed by atoms with Gasteiger partial charge in [0.25, 0.3) is 5.91 Å². The predicted octanol–water partition coefficient (Wildman–Crippen LogP) is 2.73. The zero-order chi connectivity index (χ0) is 15.4. The predicted molar refractivity (Wildman–Crippen MR) is 88.2 cm³/mol. The maximum Gasteiger partial charge on any atom is 0.355 e. The number of nitrogens with one attached hydrogen (secondary N) is 1. The molecule has 0 aliphatic rings. The van der Waals surface area contributed by atoms with Crippen LogP contribution in [0.5, 0.6) is 0 Å². The highest BCUT2D eigenvalue weighted by atomic mass is 127. The summed E-state index contributed by atoms with van der Waals surface area (Å²) in [6, 6.07) is 9.08. The minimum Gasteiger partial charge on any atom is -0.451 e. The smallest absolute Gasteiger partial charge is 0.355 e. The fraction of sp³-hybridized carbons (Fsp3) is 0.200. The Kier molecular flexibility index (Phi) is 5.00. The zero-order valence-electron chi connectivity index (χ0n) is 11.7. The van der Waals surface area contributed by atoms with Crippen LogP contribution in [-0.4, -0.2) is 23.1 Å². The van der Waals surface area contributed by atoms with Crippen molar-refractivity contribution in [1.82, 2.24) is 4.57 Å². The van der Waals surface area contributed by atoms with E-state index >= 15 is 0 Å². The quantitative estimate of drug-likeness (QED) is 0.637. The van der Waals surface area contributed by atoms with Crippen LogP contribution in [-0.2, 0) is 16.6 Å². The number of aryl methyl sites for hydroxylation is 2. The molecule has 1 aromatic carbocycles. The number of amides is 1. The summed E-state index contributed by atoms with van der Waals surface area (Å²) in [5.41, 5.74) is 2.09. The van der Waals surface area contributed by atoms with E-state index in [-0.39, 0.29) is 12.5 Å². The van der Waals surface area contributed by atoms with E-state index in [1.807, 2.05) is 25.1 Å². The van der Waals surface area contributed by atoms with E-state index < -0.39 is 5.97 Å². The van der Waals surface area contributed by atoms with Gasteiger partial charge in [-0.2, -0.15) is 0 Å². The third kappa shape index (κ3) is 4.07. The fourth-order valence-corrected chi connectivity index (χ4v) is 2.48. The molecular weight excluding hydrogens is 383 g/mol. The van der Waals surface area contributed by atoms with Crippen LogP contribution in [0.3, 0.4) is 0 Å². The summed E-state index contributed by atoms with van der Waals surface area (Å²) in [7, 11) is 1.74. The maximum absolute atomic E-state index is 11.8. The topological polar surface area (TPSA) is 60.3 Å². The van der Waals surface area contributed by atoms with Crippen molar-refractivity contribution in [2.45, 2.75) is 6.92 Å². The lowest BCUT2D eigenvalue weighted by Gasteiger charge is -2.09. The SMILES string of the molecule is Cc1cc(I)ccc1NC(=O)COC(=O)c1cccn1C. The summed E-state index contributed by atoms with van der Waals surface area (Å²) in [4.78, 5) is 23.6. The first-order chi connectivity index (χ1) is 9.97. The number of ether oxygens (including phenoxy) is 1. The first-order valence-electron chi connectivity index (χ1n) is 6.32. The summed E-state index contributed by atoms with van der Waals surface area (Å²) in [5, 5.41) is 2.73. The van der Waals surface area contributed by atoms with Crippen LogP contribution in [0.25, 0.3) is 0 Å². The van der Waals surface area contributed by atoms with Gasteiger partial charge in [0.15, 0.2) is 6.61 Å². The van der Waals surface area contributed by atoms with E-state index in [0.29, 0.717) is 5.69 Å². The second-order valence-corrected chi connectivity index (χ2v) is 5.83. The highest BCUT2D eigenvalue weighted by Crippen LogP contribution is 2.17. The number of halogens is 1. The van der Waals surface area contributed by atoms with E-state index in [9.17, 15) is 9.59 Å². The Labute approximate surface area is 136 Å². The number of nitrogens with zero attached hydrogens (tertiary/aromatic N) is 1. The van der Waals surface area contributed by atoms with E-state index in [0.717, 1.165) is 14.8 Å². The molecule has 0 aliphatic carbocycles. The summed E-state index contributed by atoms with van der Waals surface area (Å²) in [6.45, 7) is 1.60. The van der Waals surface area contributed by atoms with Crippen molar-refractivity contribution in [3.05, 3.63) is 51.4 Å². The number of rotatable bonds is 4. The molecule has 0 atom stereocenters. The minimum absolute atomic E-state index is 0.310. The standard InChI is InChI=1S/C15H15IN2O3/c1-10-8-11(16)5-6-12(10)17-14(19)9-21-15(20)13-4-3-7-18(13)2/h3-8H,9H2,1-2H3,(H,17,19). The van der Waals surface area contributed by atoms with E-state index in [1.165, 1.54) is 0 Å². The van der Waals surface area contributed by atoms with Crippen molar-refractivity contribution < 1.29 is 14.3 Å². The Bertz CT molecular complexity index is 679. The van der Waals surface area contributed by atoms with E-state index in [2.05, 4.69) is 27.9 Å². The van der Waals surface area contributed by atoms with Gasteiger partial charge in [-0.25, -0.2) is 4.79 Å². The van der Waals surface area contributed by atoms with Gasteiger partial charge >= 0.3 is 5.97 Å². The van der Waals surface area contributed by atoms with Crippen LogP contribution in [0.15, 0.2) is 36.5 Å². The molecule has 2 rings (SSSR count). The third-order valence-corrected chi connectivity index (χ3v) is 3.62. The molecule has 0 fully saturated rings. The molecule has 1 aromatic heterocycles. The summed E-state index contributed by atoms with van der Waals surface area (Å²) >= 11 is 2.21. The number of hydrogen-bond acceptors (Lipinski definition) is 3. The maximum atomic E-state index is 11.8. The number of benzene rings is 1. The van der Waals surface area contributed by atoms with Gasteiger partial charge in [-0.15, -0.1) is 0 Å². The Morgan fingerprint density at radius 1 is 1.33 bits per heavy atom. The van der Waals surface area contributed by atoms with Gasteiger partial charge in [0.1, 0.15) is 5.69 Å². The van der Waals surface area contributed by atoms with Crippen LogP contribution in [0.4, 0.5) is 5.69 Å². The van der Waals surface area contributed by atoms with E-state index in [4.69, 9.17) is 4.74 Å². The van der Waals surface area contributed by atoms with Gasteiger partial charge in [0.05, 0.1) is 0 Å². The molecule has 1 heterocycles. The highest BCUT2D eigenvalue weighted by molar-refractivity contribution is 14.1. The number of esters is 1. The average Bonchev–Trinajstić information content (AvgIpc) is 2.85. The Hall–Kier alpha value is -1.83. The van der Waals surface area contributed by atoms with Crippen LogP contribution < -0.4 is 5.32 Å². The third-order valence-electron chi connectivity index (χ3n) is 2.95. The molecule has 0 radical (unpaired) electrons. The van der Waals surface area contributed by atoms with Gasteiger partial charge < -0.3 is 14.6 Å². The molecular formula is C15H15IN2O3. The lowest BCUT2D eigenvalue weighted by Crippen LogP contribution is -2.22. The highest BCUT2D eigenvalue weighted by Gasteiger charge is 2.13. The van der Waals surface area contributed by atoms with Crippen molar-refractivity contribution in [3.8, 4) is 0 Å². The second kappa shape index (κ2) is 6.75. The number of aromatic nitrogens is 1. The van der Waals surface area contributed by atoms with Crippen molar-refractivity contribution in [3.63, 3.8) is 0 Å². The molecule has 1 amide bonds. The molecule has 0 saturated heterocycles. The van der Waals surface area contributed by atoms with Gasteiger partial charge in [0, 0.05) is 22.5 Å².